The van der Waals surface area contributed by atoms with Gasteiger partial charge in [-0.05, 0) is 42.5 Å². The smallest absolute Gasteiger partial charge is 0.353 e. The Morgan fingerprint density at radius 2 is 1.83 bits per heavy atom. The van der Waals surface area contributed by atoms with Crippen molar-refractivity contribution in [3.63, 3.8) is 0 Å². The number of carbonyl (C=O) groups is 3. The molecule has 3 N–H and O–H groups in total. The van der Waals surface area contributed by atoms with Crippen LogP contribution in [0.2, 0.25) is 0 Å². The Labute approximate surface area is 207 Å². The number of hydrogen-bond acceptors (Lipinski definition) is 7. The number of nitrogens with one attached hydrogen (secondary N) is 3. The number of benzene rings is 2. The lowest BCUT2D eigenvalue weighted by Gasteiger charge is -2.14. The minimum Gasteiger partial charge on any atom is -0.456 e. The second-order valence-electron chi connectivity index (χ2n) is 8.28. The van der Waals surface area contributed by atoms with Gasteiger partial charge in [-0.15, -0.1) is 0 Å². The molecule has 3 aromatic rings. The van der Waals surface area contributed by atoms with E-state index in [4.69, 9.17) is 10.1 Å². The molecule has 1 saturated carbocycles. The predicted molar refractivity (Wildman–Crippen MR) is 134 cm³/mol. The molecular weight excluding hydrogens is 464 g/mol. The van der Waals surface area contributed by atoms with Crippen molar-refractivity contribution >= 4 is 40.0 Å². The standard InChI is InChI=1S/C26H26N4O4S/c1-2-20(22(27)25(33)34-15-16-6-4-3-5-7-16)24(32)30-26-28-14-21(35-26)17-8-10-18(11-9-17)23(31)29-19-12-13-19/h3-11,14,19-20,27H,2,12-13,15H2,1H3,(H,29,31)(H,28,30,32)/t20-/m0/s1. The van der Waals surface area contributed by atoms with Gasteiger partial charge < -0.3 is 15.4 Å². The lowest BCUT2D eigenvalue weighted by Crippen LogP contribution is -2.34. The number of esters is 1. The molecule has 0 spiro atoms. The summed E-state index contributed by atoms with van der Waals surface area (Å²) in [5.41, 5.74) is 1.88. The number of amides is 2. The van der Waals surface area contributed by atoms with Gasteiger partial charge in [0, 0.05) is 17.8 Å². The molecule has 0 unspecified atom stereocenters. The molecule has 2 aromatic carbocycles. The summed E-state index contributed by atoms with van der Waals surface area (Å²) in [4.78, 5) is 42.3. The first-order chi connectivity index (χ1) is 16.9. The van der Waals surface area contributed by atoms with Crippen molar-refractivity contribution in [3.05, 3.63) is 71.9 Å². The van der Waals surface area contributed by atoms with Crippen LogP contribution in [0.5, 0.6) is 0 Å². The van der Waals surface area contributed by atoms with E-state index in [0.717, 1.165) is 28.8 Å². The molecule has 9 heteroatoms. The van der Waals surface area contributed by atoms with Crippen molar-refractivity contribution in [2.45, 2.75) is 38.8 Å². The van der Waals surface area contributed by atoms with E-state index in [1.807, 2.05) is 42.5 Å². The normalized spacial score (nSPS) is 13.5. The van der Waals surface area contributed by atoms with Gasteiger partial charge in [-0.2, -0.15) is 0 Å². The monoisotopic (exact) mass is 490 g/mol. The molecular formula is C26H26N4O4S. The van der Waals surface area contributed by atoms with Gasteiger partial charge in [0.05, 0.1) is 10.8 Å². The minimum absolute atomic E-state index is 0.0387. The van der Waals surface area contributed by atoms with Crippen molar-refractivity contribution in [2.24, 2.45) is 5.92 Å². The molecule has 1 aliphatic carbocycles. The van der Waals surface area contributed by atoms with Crippen LogP contribution < -0.4 is 10.6 Å². The van der Waals surface area contributed by atoms with Gasteiger partial charge in [0.2, 0.25) is 5.91 Å². The van der Waals surface area contributed by atoms with Crippen LogP contribution in [0.4, 0.5) is 5.13 Å². The Kier molecular flexibility index (Phi) is 7.67. The fourth-order valence-corrected chi connectivity index (χ4v) is 4.23. The van der Waals surface area contributed by atoms with E-state index in [2.05, 4.69) is 15.6 Å². The highest BCUT2D eigenvalue weighted by Crippen LogP contribution is 2.30. The van der Waals surface area contributed by atoms with Crippen molar-refractivity contribution in [1.29, 1.82) is 5.41 Å². The Hall–Kier alpha value is -3.85. The molecule has 1 aromatic heterocycles. The van der Waals surface area contributed by atoms with Gasteiger partial charge in [-0.25, -0.2) is 9.78 Å². The van der Waals surface area contributed by atoms with E-state index in [-0.39, 0.29) is 18.9 Å². The van der Waals surface area contributed by atoms with Gasteiger partial charge in [-0.3, -0.25) is 15.0 Å². The van der Waals surface area contributed by atoms with Crippen LogP contribution >= 0.6 is 11.3 Å². The number of rotatable bonds is 10. The zero-order valence-electron chi connectivity index (χ0n) is 19.2. The van der Waals surface area contributed by atoms with Gasteiger partial charge in [0.25, 0.3) is 5.91 Å². The number of thiazole rings is 1. The second-order valence-corrected chi connectivity index (χ2v) is 9.31. The average Bonchev–Trinajstić information content (AvgIpc) is 3.57. The van der Waals surface area contributed by atoms with E-state index in [0.29, 0.717) is 16.7 Å². The topological polar surface area (TPSA) is 121 Å². The fourth-order valence-electron chi connectivity index (χ4n) is 3.40. The quantitative estimate of drug-likeness (QED) is 0.287. The van der Waals surface area contributed by atoms with Crippen molar-refractivity contribution in [3.8, 4) is 10.4 Å². The van der Waals surface area contributed by atoms with E-state index < -0.39 is 23.5 Å². The number of nitrogens with zero attached hydrogens (tertiary/aromatic N) is 1. The highest BCUT2D eigenvalue weighted by atomic mass is 32.1. The molecule has 4 rings (SSSR count). The molecule has 8 nitrogen and oxygen atoms in total. The Balaban J connectivity index is 1.34. The summed E-state index contributed by atoms with van der Waals surface area (Å²) in [7, 11) is 0. The van der Waals surface area contributed by atoms with Gasteiger partial charge in [0.1, 0.15) is 12.3 Å². The number of aromatic nitrogens is 1. The van der Waals surface area contributed by atoms with Crippen LogP contribution in [0, 0.1) is 11.3 Å². The highest BCUT2D eigenvalue weighted by Gasteiger charge is 2.28. The predicted octanol–water partition coefficient (Wildman–Crippen LogP) is 4.43. The van der Waals surface area contributed by atoms with Crippen LogP contribution in [-0.2, 0) is 20.9 Å². The third kappa shape index (κ3) is 6.39. The third-order valence-corrected chi connectivity index (χ3v) is 6.55. The molecule has 1 aliphatic rings. The molecule has 35 heavy (non-hydrogen) atoms. The lowest BCUT2D eigenvalue weighted by atomic mass is 9.99. The summed E-state index contributed by atoms with van der Waals surface area (Å²) >= 11 is 1.27. The van der Waals surface area contributed by atoms with Crippen LogP contribution in [0.1, 0.15) is 42.1 Å². The van der Waals surface area contributed by atoms with Gasteiger partial charge in [0.15, 0.2) is 5.13 Å². The number of hydrogen-bond donors (Lipinski definition) is 3. The average molecular weight is 491 g/mol. The SMILES string of the molecule is CC[C@@H](C(=N)C(=O)OCc1ccccc1)C(=O)Nc1ncc(-c2ccc(C(=O)NC3CC3)cc2)s1. The van der Waals surface area contributed by atoms with Crippen LogP contribution in [-0.4, -0.2) is 34.5 Å². The molecule has 0 saturated heterocycles. The third-order valence-electron chi connectivity index (χ3n) is 5.59. The maximum atomic E-state index is 12.8. The molecule has 0 bridgehead atoms. The number of anilines is 1. The maximum absolute atomic E-state index is 12.8. The van der Waals surface area contributed by atoms with Crippen molar-refractivity contribution in [1.82, 2.24) is 10.3 Å². The fraction of sp³-hybridized carbons (Fsp3) is 0.269. The highest BCUT2D eigenvalue weighted by molar-refractivity contribution is 7.19. The first-order valence-corrected chi connectivity index (χ1v) is 12.2. The molecule has 180 valence electrons. The first-order valence-electron chi connectivity index (χ1n) is 11.4. The van der Waals surface area contributed by atoms with Crippen LogP contribution in [0.3, 0.4) is 0 Å². The first kappa shape index (κ1) is 24.3. The summed E-state index contributed by atoms with van der Waals surface area (Å²) in [5, 5.41) is 14.2. The zero-order valence-corrected chi connectivity index (χ0v) is 20.1. The van der Waals surface area contributed by atoms with E-state index in [1.54, 1.807) is 25.3 Å². The molecule has 0 aliphatic heterocycles. The maximum Gasteiger partial charge on any atom is 0.353 e. The number of carbonyl (C=O) groups excluding carboxylic acids is 3. The molecule has 1 heterocycles. The lowest BCUT2D eigenvalue weighted by molar-refractivity contribution is -0.137. The molecule has 1 fully saturated rings. The minimum atomic E-state index is -0.949. The van der Waals surface area contributed by atoms with Crippen molar-refractivity contribution < 1.29 is 19.1 Å². The molecule has 0 radical (unpaired) electrons. The van der Waals surface area contributed by atoms with Crippen LogP contribution in [0.15, 0.2) is 60.8 Å². The summed E-state index contributed by atoms with van der Waals surface area (Å²) in [5.74, 6) is -2.33. The molecule has 2 amide bonds. The van der Waals surface area contributed by atoms with E-state index >= 15 is 0 Å². The van der Waals surface area contributed by atoms with Gasteiger partial charge in [-0.1, -0.05) is 60.7 Å². The Bertz CT molecular complexity index is 1220. The van der Waals surface area contributed by atoms with Gasteiger partial charge >= 0.3 is 5.97 Å². The summed E-state index contributed by atoms with van der Waals surface area (Å²) in [6.45, 7) is 1.77. The summed E-state index contributed by atoms with van der Waals surface area (Å²) in [6.07, 6.45) is 3.98. The van der Waals surface area contributed by atoms with E-state index in [1.165, 1.54) is 11.3 Å². The van der Waals surface area contributed by atoms with Crippen LogP contribution in [0.25, 0.3) is 10.4 Å². The largest absolute Gasteiger partial charge is 0.456 e. The zero-order chi connectivity index (χ0) is 24.8. The van der Waals surface area contributed by atoms with E-state index in [9.17, 15) is 14.4 Å². The Morgan fingerprint density at radius 1 is 1.11 bits per heavy atom. The van der Waals surface area contributed by atoms with Crippen molar-refractivity contribution in [2.75, 3.05) is 5.32 Å². The summed E-state index contributed by atoms with van der Waals surface area (Å²) in [6, 6.07) is 16.7. The second kappa shape index (κ2) is 11.1. The molecule has 1 atom stereocenters. The number of ether oxygens (including phenoxy) is 1. The summed E-state index contributed by atoms with van der Waals surface area (Å²) < 4.78 is 5.20. The Morgan fingerprint density at radius 3 is 2.49 bits per heavy atom.